The normalized spacial score (nSPS) is 11.1. The average Bonchev–Trinajstić information content (AvgIpc) is 2.73. The second kappa shape index (κ2) is 9.88. The minimum atomic E-state index is -3.74. The van der Waals surface area contributed by atoms with Crippen LogP contribution >= 0.6 is 15.9 Å². The summed E-state index contributed by atoms with van der Waals surface area (Å²) < 4.78 is 29.3. The van der Waals surface area contributed by atoms with Crippen LogP contribution in [0, 0.1) is 0 Å². The molecule has 0 unspecified atom stereocenters. The molecule has 3 rings (SSSR count). The van der Waals surface area contributed by atoms with E-state index in [1.807, 2.05) is 36.4 Å². The van der Waals surface area contributed by atoms with Crippen molar-refractivity contribution in [3.63, 3.8) is 0 Å². The topological polar surface area (TPSA) is 98.5 Å². The van der Waals surface area contributed by atoms with Crippen molar-refractivity contribution in [2.24, 2.45) is 5.14 Å². The second-order valence-corrected chi connectivity index (χ2v) is 9.07. The first kappa shape index (κ1) is 22.0. The fraction of sp³-hybridized carbons (Fsp3) is 0.136. The molecule has 0 saturated heterocycles. The molecule has 0 spiro atoms. The Kier molecular flexibility index (Phi) is 7.25. The second-order valence-electron chi connectivity index (χ2n) is 6.60. The van der Waals surface area contributed by atoms with Crippen LogP contribution in [0.3, 0.4) is 0 Å². The average molecular weight is 489 g/mol. The smallest absolute Gasteiger partial charge is 0.255 e. The lowest BCUT2D eigenvalue weighted by Crippen LogP contribution is -2.23. The summed E-state index contributed by atoms with van der Waals surface area (Å²) in [5.41, 5.74) is 2.32. The Hall–Kier alpha value is -2.68. The SMILES string of the molecule is NS(=O)(=O)c1ccc(CNC(=O)c2cc(Br)ccc2OCCc2ccccc2)cc1. The maximum atomic E-state index is 12.7. The van der Waals surface area contributed by atoms with Crippen LogP contribution in [0.15, 0.2) is 82.2 Å². The highest BCUT2D eigenvalue weighted by Crippen LogP contribution is 2.24. The number of benzene rings is 3. The van der Waals surface area contributed by atoms with Gasteiger partial charge in [0.15, 0.2) is 0 Å². The van der Waals surface area contributed by atoms with Crippen LogP contribution in [0.1, 0.15) is 21.5 Å². The summed E-state index contributed by atoms with van der Waals surface area (Å²) in [7, 11) is -3.74. The van der Waals surface area contributed by atoms with E-state index in [9.17, 15) is 13.2 Å². The molecule has 0 aliphatic heterocycles. The van der Waals surface area contributed by atoms with Gasteiger partial charge in [0.25, 0.3) is 5.91 Å². The lowest BCUT2D eigenvalue weighted by atomic mass is 10.1. The first-order valence-electron chi connectivity index (χ1n) is 9.19. The molecule has 3 aromatic rings. The molecule has 3 N–H and O–H groups in total. The van der Waals surface area contributed by atoms with Crippen LogP contribution in [-0.4, -0.2) is 20.9 Å². The third kappa shape index (κ3) is 6.16. The monoisotopic (exact) mass is 488 g/mol. The lowest BCUT2D eigenvalue weighted by molar-refractivity contribution is 0.0946. The zero-order chi connectivity index (χ0) is 21.6. The molecule has 6 nitrogen and oxygen atoms in total. The number of nitrogens with two attached hydrogens (primary N) is 1. The fourth-order valence-electron chi connectivity index (χ4n) is 2.80. The number of primary sulfonamides is 1. The number of ether oxygens (including phenoxy) is 1. The molecular weight excluding hydrogens is 468 g/mol. The van der Waals surface area contributed by atoms with Crippen LogP contribution in [0.5, 0.6) is 5.75 Å². The summed E-state index contributed by atoms with van der Waals surface area (Å²) in [4.78, 5) is 12.7. The Bertz CT molecular complexity index is 1120. The van der Waals surface area contributed by atoms with Gasteiger partial charge in [0.1, 0.15) is 5.75 Å². The Morgan fingerprint density at radius 3 is 2.33 bits per heavy atom. The van der Waals surface area contributed by atoms with Gasteiger partial charge in [-0.3, -0.25) is 4.79 Å². The van der Waals surface area contributed by atoms with Gasteiger partial charge in [0.05, 0.1) is 17.1 Å². The van der Waals surface area contributed by atoms with E-state index in [0.717, 1.165) is 22.0 Å². The predicted octanol–water partition coefficient (Wildman–Crippen LogP) is 3.65. The number of sulfonamides is 1. The van der Waals surface area contributed by atoms with Crippen LogP contribution in [0.2, 0.25) is 0 Å². The number of amides is 1. The first-order chi connectivity index (χ1) is 14.3. The van der Waals surface area contributed by atoms with Crippen molar-refractivity contribution < 1.29 is 17.9 Å². The first-order valence-corrected chi connectivity index (χ1v) is 11.5. The quantitative estimate of drug-likeness (QED) is 0.505. The van der Waals surface area contributed by atoms with Crippen LogP contribution in [0.4, 0.5) is 0 Å². The van der Waals surface area contributed by atoms with Gasteiger partial charge < -0.3 is 10.1 Å². The molecule has 1 amide bonds. The van der Waals surface area contributed by atoms with Gasteiger partial charge in [0.2, 0.25) is 10.0 Å². The molecule has 0 saturated carbocycles. The number of hydrogen-bond acceptors (Lipinski definition) is 4. The van der Waals surface area contributed by atoms with E-state index >= 15 is 0 Å². The highest BCUT2D eigenvalue weighted by Gasteiger charge is 2.14. The van der Waals surface area contributed by atoms with Crippen molar-refractivity contribution in [3.8, 4) is 5.75 Å². The van der Waals surface area contributed by atoms with Crippen LogP contribution in [-0.2, 0) is 23.0 Å². The number of rotatable bonds is 8. The molecule has 0 heterocycles. The van der Waals surface area contributed by atoms with Crippen molar-refractivity contribution in [2.75, 3.05) is 6.61 Å². The molecule has 30 heavy (non-hydrogen) atoms. The lowest BCUT2D eigenvalue weighted by Gasteiger charge is -2.13. The molecule has 0 aliphatic carbocycles. The van der Waals surface area contributed by atoms with E-state index in [2.05, 4.69) is 21.2 Å². The summed E-state index contributed by atoms with van der Waals surface area (Å²) in [6, 6.07) is 21.3. The van der Waals surface area contributed by atoms with E-state index in [0.29, 0.717) is 17.9 Å². The van der Waals surface area contributed by atoms with Gasteiger partial charge in [-0.2, -0.15) is 0 Å². The third-order valence-electron chi connectivity index (χ3n) is 4.38. The highest BCUT2D eigenvalue weighted by atomic mass is 79.9. The van der Waals surface area contributed by atoms with Gasteiger partial charge in [-0.15, -0.1) is 0 Å². The van der Waals surface area contributed by atoms with Gasteiger partial charge in [-0.1, -0.05) is 58.4 Å². The minimum Gasteiger partial charge on any atom is -0.492 e. The van der Waals surface area contributed by atoms with Gasteiger partial charge >= 0.3 is 0 Å². The van der Waals surface area contributed by atoms with E-state index in [-0.39, 0.29) is 17.3 Å². The Morgan fingerprint density at radius 1 is 0.967 bits per heavy atom. The number of nitrogens with one attached hydrogen (secondary N) is 1. The molecule has 0 aliphatic rings. The summed E-state index contributed by atoms with van der Waals surface area (Å²) >= 11 is 3.39. The molecular formula is C22H21BrN2O4S. The van der Waals surface area contributed by atoms with Crippen molar-refractivity contribution in [1.82, 2.24) is 5.32 Å². The summed E-state index contributed by atoms with van der Waals surface area (Å²) in [6.07, 6.45) is 0.731. The molecule has 0 fully saturated rings. The largest absolute Gasteiger partial charge is 0.492 e. The molecule has 0 radical (unpaired) electrons. The molecule has 156 valence electrons. The van der Waals surface area contributed by atoms with Crippen molar-refractivity contribution in [1.29, 1.82) is 0 Å². The number of carbonyl (C=O) groups excluding carboxylic acids is 1. The molecule has 0 atom stereocenters. The Balaban J connectivity index is 1.64. The van der Waals surface area contributed by atoms with E-state index in [1.54, 1.807) is 24.3 Å². The molecule has 8 heteroatoms. The Morgan fingerprint density at radius 2 is 1.67 bits per heavy atom. The molecule has 3 aromatic carbocycles. The van der Waals surface area contributed by atoms with Gasteiger partial charge in [0, 0.05) is 17.4 Å². The summed E-state index contributed by atoms with van der Waals surface area (Å²) in [5, 5.41) is 7.93. The van der Waals surface area contributed by atoms with E-state index in [1.165, 1.54) is 12.1 Å². The van der Waals surface area contributed by atoms with Gasteiger partial charge in [-0.25, -0.2) is 13.6 Å². The molecule has 0 bridgehead atoms. The summed E-state index contributed by atoms with van der Waals surface area (Å²) in [5.74, 6) is 0.206. The van der Waals surface area contributed by atoms with Crippen LogP contribution < -0.4 is 15.2 Å². The van der Waals surface area contributed by atoms with Gasteiger partial charge in [-0.05, 0) is 41.5 Å². The zero-order valence-corrected chi connectivity index (χ0v) is 18.4. The molecule has 0 aromatic heterocycles. The fourth-order valence-corrected chi connectivity index (χ4v) is 3.68. The number of halogens is 1. The van der Waals surface area contributed by atoms with Crippen molar-refractivity contribution in [3.05, 3.63) is 94.0 Å². The maximum Gasteiger partial charge on any atom is 0.255 e. The van der Waals surface area contributed by atoms with Crippen molar-refractivity contribution in [2.45, 2.75) is 17.9 Å². The third-order valence-corrected chi connectivity index (χ3v) is 5.80. The zero-order valence-electron chi connectivity index (χ0n) is 16.0. The number of hydrogen-bond donors (Lipinski definition) is 2. The van der Waals surface area contributed by atoms with Crippen LogP contribution in [0.25, 0.3) is 0 Å². The Labute approximate surface area is 184 Å². The highest BCUT2D eigenvalue weighted by molar-refractivity contribution is 9.10. The minimum absolute atomic E-state index is 0.0265. The maximum absolute atomic E-state index is 12.7. The standard InChI is InChI=1S/C22H21BrN2O4S/c23-18-8-11-21(29-13-12-16-4-2-1-3-5-16)20(14-18)22(26)25-15-17-6-9-19(10-7-17)30(24,27)28/h1-11,14H,12-13,15H2,(H,25,26)(H2,24,27,28). The number of carbonyl (C=O) groups is 1. The van der Waals surface area contributed by atoms with Crippen molar-refractivity contribution >= 4 is 31.9 Å². The summed E-state index contributed by atoms with van der Waals surface area (Å²) in [6.45, 7) is 0.681. The van der Waals surface area contributed by atoms with E-state index < -0.39 is 10.0 Å². The van der Waals surface area contributed by atoms with E-state index in [4.69, 9.17) is 9.88 Å². The predicted molar refractivity (Wildman–Crippen MR) is 119 cm³/mol.